The van der Waals surface area contributed by atoms with Crippen molar-refractivity contribution in [1.82, 2.24) is 0 Å². The topological polar surface area (TPSA) is 84.9 Å². The maximum absolute atomic E-state index is 13.3. The van der Waals surface area contributed by atoms with Gasteiger partial charge in [0, 0.05) is 7.11 Å². The van der Waals surface area contributed by atoms with Crippen LogP contribution in [0.1, 0.15) is 10.4 Å². The molecule has 1 aromatic carbocycles. The molecular weight excluding hydrogens is 257 g/mol. The van der Waals surface area contributed by atoms with E-state index in [1.54, 1.807) is 0 Å². The molecule has 0 saturated carbocycles. The highest BCUT2D eigenvalue weighted by molar-refractivity contribution is 6.01. The number of aromatic carboxylic acids is 1. The van der Waals surface area contributed by atoms with Gasteiger partial charge >= 0.3 is 5.97 Å². The first-order valence-electron chi connectivity index (χ1n) is 5.44. The lowest BCUT2D eigenvalue weighted by atomic mass is 10.1. The fourth-order valence-corrected chi connectivity index (χ4v) is 1.34. The van der Waals surface area contributed by atoms with Gasteiger partial charge in [-0.15, -0.1) is 0 Å². The predicted molar refractivity (Wildman–Crippen MR) is 64.7 cm³/mol. The fraction of sp³-hybridized carbons (Fsp3) is 0.333. The summed E-state index contributed by atoms with van der Waals surface area (Å²) in [6.07, 6.45) is 0. The van der Waals surface area contributed by atoms with Crippen molar-refractivity contribution in [2.24, 2.45) is 0 Å². The number of carboxylic acids is 1. The number of amides is 1. The van der Waals surface area contributed by atoms with Gasteiger partial charge in [-0.2, -0.15) is 0 Å². The molecule has 0 atom stereocenters. The quantitative estimate of drug-likeness (QED) is 0.726. The fourth-order valence-electron chi connectivity index (χ4n) is 1.34. The first kappa shape index (κ1) is 15.1. The van der Waals surface area contributed by atoms with Crippen molar-refractivity contribution in [2.45, 2.75) is 0 Å². The lowest BCUT2D eigenvalue weighted by molar-refractivity contribution is -0.121. The van der Waals surface area contributed by atoms with Gasteiger partial charge in [0.2, 0.25) is 5.91 Å². The van der Waals surface area contributed by atoms with E-state index in [-0.39, 0.29) is 18.9 Å². The smallest absolute Gasteiger partial charge is 0.340 e. The van der Waals surface area contributed by atoms with Crippen LogP contribution in [0.5, 0.6) is 0 Å². The number of halogens is 1. The Labute approximate surface area is 109 Å². The Hall–Kier alpha value is -1.99. The Morgan fingerprint density at radius 3 is 2.74 bits per heavy atom. The van der Waals surface area contributed by atoms with Crippen LogP contribution in [0.15, 0.2) is 18.2 Å². The zero-order chi connectivity index (χ0) is 14.3. The van der Waals surface area contributed by atoms with Crippen molar-refractivity contribution in [2.75, 3.05) is 32.2 Å². The monoisotopic (exact) mass is 271 g/mol. The summed E-state index contributed by atoms with van der Waals surface area (Å²) >= 11 is 0. The van der Waals surface area contributed by atoms with Gasteiger partial charge in [0.05, 0.1) is 18.9 Å². The minimum Gasteiger partial charge on any atom is -0.478 e. The Morgan fingerprint density at radius 1 is 1.37 bits per heavy atom. The van der Waals surface area contributed by atoms with Gasteiger partial charge in [0.25, 0.3) is 0 Å². The lowest BCUT2D eigenvalue weighted by Crippen LogP contribution is -2.21. The maximum Gasteiger partial charge on any atom is 0.340 e. The van der Waals surface area contributed by atoms with Gasteiger partial charge in [-0.1, -0.05) is 6.07 Å². The number of nitrogens with one attached hydrogen (secondary N) is 1. The van der Waals surface area contributed by atoms with Crippen LogP contribution in [-0.2, 0) is 14.3 Å². The van der Waals surface area contributed by atoms with E-state index in [1.807, 2.05) is 0 Å². The summed E-state index contributed by atoms with van der Waals surface area (Å²) in [4.78, 5) is 22.4. The van der Waals surface area contributed by atoms with E-state index in [1.165, 1.54) is 19.2 Å². The number of hydrogen-bond donors (Lipinski definition) is 2. The molecule has 0 unspecified atom stereocenters. The largest absolute Gasteiger partial charge is 0.478 e. The van der Waals surface area contributed by atoms with Crippen LogP contribution in [0, 0.1) is 5.82 Å². The van der Waals surface area contributed by atoms with E-state index in [2.05, 4.69) is 5.32 Å². The summed E-state index contributed by atoms with van der Waals surface area (Å²) in [5.74, 6) is -2.93. The summed E-state index contributed by atoms with van der Waals surface area (Å²) < 4.78 is 23.0. The number of rotatable bonds is 7. The Bertz CT molecular complexity index is 463. The molecule has 0 aliphatic carbocycles. The van der Waals surface area contributed by atoms with Gasteiger partial charge in [-0.25, -0.2) is 9.18 Å². The third kappa shape index (κ3) is 4.65. The Morgan fingerprint density at radius 2 is 2.11 bits per heavy atom. The van der Waals surface area contributed by atoms with Crippen molar-refractivity contribution in [1.29, 1.82) is 0 Å². The Kier molecular flexibility index (Phi) is 5.91. The average Bonchev–Trinajstić information content (AvgIpc) is 2.34. The average molecular weight is 271 g/mol. The second-order valence-corrected chi connectivity index (χ2v) is 3.56. The third-order valence-electron chi connectivity index (χ3n) is 2.17. The number of carboxylic acid groups (broad SMARTS) is 1. The van der Waals surface area contributed by atoms with Crippen LogP contribution in [0.2, 0.25) is 0 Å². The summed E-state index contributed by atoms with van der Waals surface area (Å²) in [6, 6.07) is 3.62. The van der Waals surface area contributed by atoms with E-state index in [0.717, 1.165) is 6.07 Å². The second kappa shape index (κ2) is 7.45. The van der Waals surface area contributed by atoms with Crippen molar-refractivity contribution >= 4 is 17.6 Å². The molecule has 0 aliphatic rings. The normalized spacial score (nSPS) is 10.2. The molecule has 1 rings (SSSR count). The molecule has 0 heterocycles. The minimum atomic E-state index is -1.45. The van der Waals surface area contributed by atoms with Crippen molar-refractivity contribution in [3.05, 3.63) is 29.6 Å². The first-order valence-corrected chi connectivity index (χ1v) is 5.44. The highest BCUT2D eigenvalue weighted by atomic mass is 19.1. The van der Waals surface area contributed by atoms with Crippen LogP contribution in [0.25, 0.3) is 0 Å². The van der Waals surface area contributed by atoms with Gasteiger partial charge in [-0.05, 0) is 12.1 Å². The Balaban J connectivity index is 2.64. The molecule has 104 valence electrons. The van der Waals surface area contributed by atoms with Crippen LogP contribution in [-0.4, -0.2) is 43.9 Å². The zero-order valence-electron chi connectivity index (χ0n) is 10.3. The molecule has 0 radical (unpaired) electrons. The molecule has 0 spiro atoms. The number of ether oxygens (including phenoxy) is 2. The van der Waals surface area contributed by atoms with E-state index in [9.17, 15) is 14.0 Å². The molecule has 0 aliphatic heterocycles. The van der Waals surface area contributed by atoms with Crippen molar-refractivity contribution in [3.8, 4) is 0 Å². The molecule has 1 aromatic rings. The number of carbonyl (C=O) groups is 2. The predicted octanol–water partition coefficient (Wildman–Crippen LogP) is 1.13. The van der Waals surface area contributed by atoms with Crippen LogP contribution in [0.4, 0.5) is 10.1 Å². The lowest BCUT2D eigenvalue weighted by Gasteiger charge is -2.09. The number of carbonyl (C=O) groups excluding carboxylic acids is 1. The highest BCUT2D eigenvalue weighted by Gasteiger charge is 2.17. The third-order valence-corrected chi connectivity index (χ3v) is 2.17. The minimum absolute atomic E-state index is 0.104. The summed E-state index contributed by atoms with van der Waals surface area (Å²) in [6.45, 7) is 0.311. The molecular formula is C12H14FNO5. The summed E-state index contributed by atoms with van der Waals surface area (Å²) in [7, 11) is 1.50. The summed E-state index contributed by atoms with van der Waals surface area (Å²) in [5, 5.41) is 11.2. The molecule has 0 aromatic heterocycles. The van der Waals surface area contributed by atoms with Crippen LogP contribution >= 0.6 is 0 Å². The van der Waals surface area contributed by atoms with E-state index >= 15 is 0 Å². The molecule has 0 saturated heterocycles. The van der Waals surface area contributed by atoms with Gasteiger partial charge in [0.1, 0.15) is 18.0 Å². The molecule has 6 nitrogen and oxygen atoms in total. The number of benzene rings is 1. The van der Waals surface area contributed by atoms with Crippen LogP contribution < -0.4 is 5.32 Å². The molecule has 7 heteroatoms. The standard InChI is InChI=1S/C12H14FNO5/c1-18-5-6-19-7-10(15)14-9-4-2-3-8(13)11(9)12(16)17/h2-4H,5-7H2,1H3,(H,14,15)(H,16,17). The van der Waals surface area contributed by atoms with Gasteiger partial charge in [-0.3, -0.25) is 4.79 Å². The van der Waals surface area contributed by atoms with Crippen molar-refractivity contribution < 1.29 is 28.6 Å². The van der Waals surface area contributed by atoms with E-state index in [4.69, 9.17) is 14.6 Å². The van der Waals surface area contributed by atoms with Crippen LogP contribution in [0.3, 0.4) is 0 Å². The number of anilines is 1. The molecule has 1 amide bonds. The maximum atomic E-state index is 13.3. The van der Waals surface area contributed by atoms with Crippen molar-refractivity contribution in [3.63, 3.8) is 0 Å². The molecule has 0 fully saturated rings. The highest BCUT2D eigenvalue weighted by Crippen LogP contribution is 2.18. The van der Waals surface area contributed by atoms with E-state index in [0.29, 0.717) is 6.61 Å². The molecule has 0 bridgehead atoms. The second-order valence-electron chi connectivity index (χ2n) is 3.56. The van der Waals surface area contributed by atoms with Gasteiger partial charge < -0.3 is 19.9 Å². The molecule has 2 N–H and O–H groups in total. The number of methoxy groups -OCH3 is 1. The number of hydrogen-bond acceptors (Lipinski definition) is 4. The first-order chi connectivity index (χ1) is 9.06. The SMILES string of the molecule is COCCOCC(=O)Nc1cccc(F)c1C(=O)O. The molecule has 19 heavy (non-hydrogen) atoms. The zero-order valence-corrected chi connectivity index (χ0v) is 10.3. The van der Waals surface area contributed by atoms with E-state index < -0.39 is 23.3 Å². The summed E-state index contributed by atoms with van der Waals surface area (Å²) in [5.41, 5.74) is -0.680. The van der Waals surface area contributed by atoms with Gasteiger partial charge in [0.15, 0.2) is 0 Å².